The van der Waals surface area contributed by atoms with Crippen LogP contribution in [0.1, 0.15) is 38.3 Å². The molecule has 0 aliphatic carbocycles. The van der Waals surface area contributed by atoms with E-state index in [1.807, 2.05) is 12.1 Å². The van der Waals surface area contributed by atoms with Crippen LogP contribution in [0.4, 0.5) is 0 Å². The molecule has 0 radical (unpaired) electrons. The second-order valence-electron chi connectivity index (χ2n) is 4.49. The average Bonchev–Trinajstić information content (AvgIpc) is 2.45. The third kappa shape index (κ3) is 4.03. The molecule has 0 aliphatic heterocycles. The van der Waals surface area contributed by atoms with Gasteiger partial charge >= 0.3 is 0 Å². The summed E-state index contributed by atoms with van der Waals surface area (Å²) in [5, 5.41) is 3.49. The fourth-order valence-corrected chi connectivity index (χ4v) is 1.96. The zero-order chi connectivity index (χ0) is 14.3. The molecular formula is C15H25NO3. The van der Waals surface area contributed by atoms with E-state index >= 15 is 0 Å². The van der Waals surface area contributed by atoms with Crippen LogP contribution in [0.25, 0.3) is 0 Å². The Balaban J connectivity index is 2.95. The third-order valence-corrected chi connectivity index (χ3v) is 3.17. The molecule has 0 amide bonds. The molecule has 0 spiro atoms. The Hall–Kier alpha value is -1.42. The van der Waals surface area contributed by atoms with E-state index in [-0.39, 0.29) is 6.04 Å². The molecule has 0 bridgehead atoms. The van der Waals surface area contributed by atoms with E-state index in [4.69, 9.17) is 14.2 Å². The summed E-state index contributed by atoms with van der Waals surface area (Å²) in [6.45, 7) is 5.33. The minimum Gasteiger partial charge on any atom is -0.493 e. The van der Waals surface area contributed by atoms with Crippen LogP contribution in [-0.4, -0.2) is 27.9 Å². The molecule has 0 aliphatic rings. The van der Waals surface area contributed by atoms with Crippen LogP contribution in [0.15, 0.2) is 12.1 Å². The van der Waals surface area contributed by atoms with E-state index in [9.17, 15) is 0 Å². The van der Waals surface area contributed by atoms with Crippen molar-refractivity contribution in [2.75, 3.05) is 27.9 Å². The predicted molar refractivity (Wildman–Crippen MR) is 77.4 cm³/mol. The summed E-state index contributed by atoms with van der Waals surface area (Å²) in [6, 6.07) is 4.23. The first-order valence-corrected chi connectivity index (χ1v) is 6.71. The molecule has 4 nitrogen and oxygen atoms in total. The first-order chi connectivity index (χ1) is 9.17. The molecule has 1 atom stereocenters. The van der Waals surface area contributed by atoms with Gasteiger partial charge in [-0.25, -0.2) is 0 Å². The fourth-order valence-electron chi connectivity index (χ4n) is 1.96. The van der Waals surface area contributed by atoms with Crippen molar-refractivity contribution < 1.29 is 14.2 Å². The summed E-state index contributed by atoms with van der Waals surface area (Å²) < 4.78 is 16.0. The number of unbranched alkanes of at least 4 members (excludes halogenated alkanes) is 1. The van der Waals surface area contributed by atoms with E-state index in [1.54, 1.807) is 21.3 Å². The minimum atomic E-state index is 0.250. The zero-order valence-corrected chi connectivity index (χ0v) is 12.6. The van der Waals surface area contributed by atoms with Gasteiger partial charge in [-0.05, 0) is 37.6 Å². The number of ether oxygens (including phenoxy) is 3. The highest BCUT2D eigenvalue weighted by Crippen LogP contribution is 2.39. The van der Waals surface area contributed by atoms with Gasteiger partial charge in [-0.1, -0.05) is 13.3 Å². The number of benzene rings is 1. The number of hydrogen-bond donors (Lipinski definition) is 1. The van der Waals surface area contributed by atoms with Gasteiger partial charge in [0.05, 0.1) is 21.3 Å². The lowest BCUT2D eigenvalue weighted by Crippen LogP contribution is -2.19. The molecule has 0 saturated carbocycles. The highest BCUT2D eigenvalue weighted by Gasteiger charge is 2.15. The second-order valence-corrected chi connectivity index (χ2v) is 4.49. The molecule has 4 heteroatoms. The zero-order valence-electron chi connectivity index (χ0n) is 12.6. The lowest BCUT2D eigenvalue weighted by Gasteiger charge is -2.18. The van der Waals surface area contributed by atoms with Gasteiger partial charge in [0, 0.05) is 6.04 Å². The SMILES string of the molecule is CCCCNC(C)c1cc(OC)c(OC)c(OC)c1. The van der Waals surface area contributed by atoms with E-state index < -0.39 is 0 Å². The Morgan fingerprint density at radius 2 is 1.63 bits per heavy atom. The van der Waals surface area contributed by atoms with Crippen LogP contribution in [0.3, 0.4) is 0 Å². The predicted octanol–water partition coefficient (Wildman–Crippen LogP) is 3.16. The van der Waals surface area contributed by atoms with Crippen molar-refractivity contribution in [1.82, 2.24) is 5.32 Å². The van der Waals surface area contributed by atoms with Gasteiger partial charge in [0.25, 0.3) is 0 Å². The summed E-state index contributed by atoms with van der Waals surface area (Å²) in [4.78, 5) is 0. The molecule has 1 aromatic rings. The molecule has 0 heterocycles. The van der Waals surface area contributed by atoms with Gasteiger partial charge in [0.15, 0.2) is 11.5 Å². The Morgan fingerprint density at radius 3 is 2.05 bits per heavy atom. The van der Waals surface area contributed by atoms with Crippen molar-refractivity contribution in [3.8, 4) is 17.2 Å². The van der Waals surface area contributed by atoms with Crippen LogP contribution in [0.5, 0.6) is 17.2 Å². The summed E-state index contributed by atoms with van der Waals surface area (Å²) >= 11 is 0. The summed E-state index contributed by atoms with van der Waals surface area (Å²) in [5.74, 6) is 2.02. The highest BCUT2D eigenvalue weighted by atomic mass is 16.5. The van der Waals surface area contributed by atoms with E-state index in [0.717, 1.165) is 12.1 Å². The van der Waals surface area contributed by atoms with Gasteiger partial charge in [0.1, 0.15) is 0 Å². The molecule has 0 fully saturated rings. The summed E-state index contributed by atoms with van der Waals surface area (Å²) in [7, 11) is 4.88. The second kappa shape index (κ2) is 7.89. The van der Waals surface area contributed by atoms with Crippen molar-refractivity contribution in [1.29, 1.82) is 0 Å². The Kier molecular flexibility index (Phi) is 6.50. The number of hydrogen-bond acceptors (Lipinski definition) is 4. The molecule has 0 saturated heterocycles. The van der Waals surface area contributed by atoms with Crippen molar-refractivity contribution in [3.05, 3.63) is 17.7 Å². The topological polar surface area (TPSA) is 39.7 Å². The van der Waals surface area contributed by atoms with Crippen molar-refractivity contribution >= 4 is 0 Å². The number of nitrogens with one attached hydrogen (secondary N) is 1. The Bertz CT molecular complexity index is 368. The summed E-state index contributed by atoms with van der Waals surface area (Å²) in [5.41, 5.74) is 1.13. The van der Waals surface area contributed by atoms with Crippen LogP contribution in [-0.2, 0) is 0 Å². The van der Waals surface area contributed by atoms with Crippen LogP contribution in [0.2, 0.25) is 0 Å². The van der Waals surface area contributed by atoms with Crippen molar-refractivity contribution in [2.45, 2.75) is 32.7 Å². The number of rotatable bonds is 8. The average molecular weight is 267 g/mol. The van der Waals surface area contributed by atoms with Crippen LogP contribution < -0.4 is 19.5 Å². The molecule has 19 heavy (non-hydrogen) atoms. The van der Waals surface area contributed by atoms with E-state index in [2.05, 4.69) is 19.2 Å². The largest absolute Gasteiger partial charge is 0.493 e. The van der Waals surface area contributed by atoms with Gasteiger partial charge < -0.3 is 19.5 Å². The Labute approximate surface area is 116 Å². The maximum atomic E-state index is 5.36. The van der Waals surface area contributed by atoms with Crippen molar-refractivity contribution in [2.24, 2.45) is 0 Å². The molecule has 1 N–H and O–H groups in total. The summed E-state index contributed by atoms with van der Waals surface area (Å²) in [6.07, 6.45) is 2.36. The van der Waals surface area contributed by atoms with Gasteiger partial charge in [0.2, 0.25) is 5.75 Å². The van der Waals surface area contributed by atoms with Gasteiger partial charge in [-0.2, -0.15) is 0 Å². The molecule has 1 aromatic carbocycles. The molecule has 0 aromatic heterocycles. The third-order valence-electron chi connectivity index (χ3n) is 3.17. The molecule has 108 valence electrons. The fraction of sp³-hybridized carbons (Fsp3) is 0.600. The molecule has 1 rings (SSSR count). The minimum absolute atomic E-state index is 0.250. The van der Waals surface area contributed by atoms with Gasteiger partial charge in [-0.15, -0.1) is 0 Å². The highest BCUT2D eigenvalue weighted by molar-refractivity contribution is 5.54. The monoisotopic (exact) mass is 267 g/mol. The van der Waals surface area contributed by atoms with Crippen LogP contribution in [0, 0.1) is 0 Å². The lowest BCUT2D eigenvalue weighted by molar-refractivity contribution is 0.323. The van der Waals surface area contributed by atoms with Crippen molar-refractivity contribution in [3.63, 3.8) is 0 Å². The first kappa shape index (κ1) is 15.6. The maximum absolute atomic E-state index is 5.36. The Morgan fingerprint density at radius 1 is 1.05 bits per heavy atom. The molecule has 1 unspecified atom stereocenters. The van der Waals surface area contributed by atoms with E-state index in [1.165, 1.54) is 12.8 Å². The lowest BCUT2D eigenvalue weighted by atomic mass is 10.1. The van der Waals surface area contributed by atoms with Gasteiger partial charge in [-0.3, -0.25) is 0 Å². The first-order valence-electron chi connectivity index (χ1n) is 6.71. The van der Waals surface area contributed by atoms with E-state index in [0.29, 0.717) is 17.2 Å². The maximum Gasteiger partial charge on any atom is 0.203 e. The van der Waals surface area contributed by atoms with Crippen LogP contribution >= 0.6 is 0 Å². The molecular weight excluding hydrogens is 242 g/mol. The number of methoxy groups -OCH3 is 3. The smallest absolute Gasteiger partial charge is 0.203 e. The quantitative estimate of drug-likeness (QED) is 0.734. The normalized spacial score (nSPS) is 12.1. The standard InChI is InChI=1S/C15H25NO3/c1-6-7-8-16-11(2)12-9-13(17-3)15(19-5)14(10-12)18-4/h9-11,16H,6-8H2,1-5H3.